The van der Waals surface area contributed by atoms with Gasteiger partial charge in [-0.15, -0.1) is 11.6 Å². The van der Waals surface area contributed by atoms with Gasteiger partial charge in [0.05, 0.1) is 17.6 Å². The maximum Gasteiger partial charge on any atom is 0.137 e. The van der Waals surface area contributed by atoms with Crippen LogP contribution >= 0.6 is 23.2 Å². The number of benzene rings is 1. The van der Waals surface area contributed by atoms with Crippen LogP contribution in [-0.2, 0) is 11.2 Å². The Morgan fingerprint density at radius 3 is 2.90 bits per heavy atom. The lowest BCUT2D eigenvalue weighted by Crippen LogP contribution is -2.04. The number of carbonyl (C=O) groups is 1. The third kappa shape index (κ3) is 3.41. The summed E-state index contributed by atoms with van der Waals surface area (Å²) >= 11 is 12.0. The summed E-state index contributed by atoms with van der Waals surface area (Å²) in [7, 11) is 1.60. The summed E-state index contributed by atoms with van der Waals surface area (Å²) in [5.41, 5.74) is 1.53. The molecular formula is C15H15Cl2NO2. The van der Waals surface area contributed by atoms with Gasteiger partial charge in [-0.1, -0.05) is 11.6 Å². The summed E-state index contributed by atoms with van der Waals surface area (Å²) < 4.78 is 5.18. The van der Waals surface area contributed by atoms with E-state index in [1.165, 1.54) is 0 Å². The largest absolute Gasteiger partial charge is 0.497 e. The van der Waals surface area contributed by atoms with Gasteiger partial charge in [-0.25, -0.2) is 0 Å². The number of pyridine rings is 1. The Kier molecular flexibility index (Phi) is 5.21. The molecule has 0 radical (unpaired) electrons. The van der Waals surface area contributed by atoms with Crippen LogP contribution in [0.5, 0.6) is 5.75 Å². The second-order valence-electron chi connectivity index (χ2n) is 4.49. The molecule has 0 N–H and O–H groups in total. The van der Waals surface area contributed by atoms with Crippen molar-refractivity contribution in [3.63, 3.8) is 0 Å². The number of hydrogen-bond acceptors (Lipinski definition) is 3. The zero-order valence-corrected chi connectivity index (χ0v) is 12.7. The summed E-state index contributed by atoms with van der Waals surface area (Å²) in [6.07, 6.45) is 3.11. The molecule has 2 aromatic rings. The van der Waals surface area contributed by atoms with E-state index < -0.39 is 0 Å². The predicted molar refractivity (Wildman–Crippen MR) is 82.0 cm³/mol. The Labute approximate surface area is 127 Å². The number of fused-ring (bicyclic) bond motifs is 1. The Morgan fingerprint density at radius 2 is 2.20 bits per heavy atom. The number of Topliss-reactive ketones (excluding diaryl/α,β-unsaturated/α-hetero) is 1. The van der Waals surface area contributed by atoms with Crippen LogP contribution in [0, 0.1) is 0 Å². The van der Waals surface area contributed by atoms with Crippen LogP contribution in [0.3, 0.4) is 0 Å². The number of rotatable bonds is 6. The maximum atomic E-state index is 11.8. The summed E-state index contributed by atoms with van der Waals surface area (Å²) in [5.74, 6) is 1.33. The summed E-state index contributed by atoms with van der Waals surface area (Å²) in [4.78, 5) is 16.1. The summed E-state index contributed by atoms with van der Waals surface area (Å²) in [6, 6.07) is 5.51. The zero-order valence-electron chi connectivity index (χ0n) is 11.2. The van der Waals surface area contributed by atoms with Crippen LogP contribution < -0.4 is 4.74 Å². The van der Waals surface area contributed by atoms with Crippen molar-refractivity contribution in [2.75, 3.05) is 13.0 Å². The molecule has 0 bridgehead atoms. The van der Waals surface area contributed by atoms with Crippen LogP contribution in [0.15, 0.2) is 24.4 Å². The third-order valence-corrected chi connectivity index (χ3v) is 3.77. The highest BCUT2D eigenvalue weighted by atomic mass is 35.5. The van der Waals surface area contributed by atoms with Gasteiger partial charge in [-0.05, 0) is 30.2 Å². The van der Waals surface area contributed by atoms with Gasteiger partial charge in [-0.3, -0.25) is 9.78 Å². The van der Waals surface area contributed by atoms with Crippen molar-refractivity contribution in [3.05, 3.63) is 35.0 Å². The SMILES string of the molecule is COc1ccc2ncc(CC(=O)CCCCl)c(Cl)c2c1. The molecule has 1 aromatic heterocycles. The quantitative estimate of drug-likeness (QED) is 0.756. The van der Waals surface area contributed by atoms with E-state index in [9.17, 15) is 4.79 Å². The number of hydrogen-bond donors (Lipinski definition) is 0. The van der Waals surface area contributed by atoms with Gasteiger partial charge in [0.15, 0.2) is 0 Å². The highest BCUT2D eigenvalue weighted by Gasteiger charge is 2.11. The van der Waals surface area contributed by atoms with E-state index in [1.807, 2.05) is 18.2 Å². The van der Waals surface area contributed by atoms with Gasteiger partial charge in [-0.2, -0.15) is 0 Å². The van der Waals surface area contributed by atoms with Crippen LogP contribution in [0.2, 0.25) is 5.02 Å². The van der Waals surface area contributed by atoms with Crippen molar-refractivity contribution >= 4 is 39.9 Å². The van der Waals surface area contributed by atoms with Gasteiger partial charge in [0.1, 0.15) is 11.5 Å². The molecule has 0 saturated carbocycles. The summed E-state index contributed by atoms with van der Waals surface area (Å²) in [6.45, 7) is 0. The molecule has 0 amide bonds. The first-order chi connectivity index (χ1) is 9.65. The molecule has 106 valence electrons. The minimum atomic E-state index is 0.122. The number of nitrogens with zero attached hydrogens (tertiary/aromatic N) is 1. The molecule has 0 unspecified atom stereocenters. The lowest BCUT2D eigenvalue weighted by Gasteiger charge is -2.08. The zero-order chi connectivity index (χ0) is 14.5. The Morgan fingerprint density at radius 1 is 1.40 bits per heavy atom. The van der Waals surface area contributed by atoms with Crippen molar-refractivity contribution < 1.29 is 9.53 Å². The average molecular weight is 312 g/mol. The molecule has 0 aliphatic rings. The molecule has 1 heterocycles. The monoisotopic (exact) mass is 311 g/mol. The van der Waals surface area contributed by atoms with Gasteiger partial charge in [0.2, 0.25) is 0 Å². The molecular weight excluding hydrogens is 297 g/mol. The Balaban J connectivity index is 2.30. The predicted octanol–water partition coefficient (Wildman–Crippen LogP) is 4.03. The summed E-state index contributed by atoms with van der Waals surface area (Å²) in [5, 5.41) is 1.36. The second-order valence-corrected chi connectivity index (χ2v) is 5.24. The first-order valence-corrected chi connectivity index (χ1v) is 7.25. The molecule has 0 fully saturated rings. The van der Waals surface area contributed by atoms with Crippen LogP contribution in [-0.4, -0.2) is 23.8 Å². The Bertz CT molecular complexity index is 629. The number of ether oxygens (including phenoxy) is 1. The van der Waals surface area contributed by atoms with E-state index in [1.54, 1.807) is 13.3 Å². The molecule has 0 aliphatic carbocycles. The van der Waals surface area contributed by atoms with Crippen LogP contribution in [0.4, 0.5) is 0 Å². The van der Waals surface area contributed by atoms with Crippen LogP contribution in [0.25, 0.3) is 10.9 Å². The minimum absolute atomic E-state index is 0.122. The highest BCUT2D eigenvalue weighted by Crippen LogP contribution is 2.29. The first-order valence-electron chi connectivity index (χ1n) is 6.34. The molecule has 5 heteroatoms. The average Bonchev–Trinajstić information content (AvgIpc) is 2.47. The van der Waals surface area contributed by atoms with Crippen molar-refractivity contribution in [1.82, 2.24) is 4.98 Å². The van der Waals surface area contributed by atoms with E-state index in [2.05, 4.69) is 4.98 Å². The standard InChI is InChI=1S/C15H15Cl2NO2/c1-20-12-4-5-14-13(8-12)15(17)10(9-18-14)7-11(19)3-2-6-16/h4-5,8-9H,2-3,6-7H2,1H3. The fraction of sp³-hybridized carbons (Fsp3) is 0.333. The first kappa shape index (κ1) is 15.1. The smallest absolute Gasteiger partial charge is 0.137 e. The maximum absolute atomic E-state index is 11.8. The molecule has 0 aliphatic heterocycles. The van der Waals surface area contributed by atoms with Crippen molar-refractivity contribution in [3.8, 4) is 5.75 Å². The minimum Gasteiger partial charge on any atom is -0.497 e. The molecule has 1 aromatic carbocycles. The number of aromatic nitrogens is 1. The van der Waals surface area contributed by atoms with Crippen LogP contribution in [0.1, 0.15) is 18.4 Å². The molecule has 0 spiro atoms. The fourth-order valence-corrected chi connectivity index (χ4v) is 2.40. The van der Waals surface area contributed by atoms with Crippen molar-refractivity contribution in [1.29, 1.82) is 0 Å². The molecule has 20 heavy (non-hydrogen) atoms. The van der Waals surface area contributed by atoms with Gasteiger partial charge in [0.25, 0.3) is 0 Å². The second kappa shape index (κ2) is 6.91. The van der Waals surface area contributed by atoms with E-state index in [0.717, 1.165) is 16.5 Å². The Hall–Kier alpha value is -1.32. The van der Waals surface area contributed by atoms with Gasteiger partial charge >= 0.3 is 0 Å². The van der Waals surface area contributed by atoms with Crippen molar-refractivity contribution in [2.45, 2.75) is 19.3 Å². The number of carbonyl (C=O) groups excluding carboxylic acids is 1. The fourth-order valence-electron chi connectivity index (χ4n) is 2.00. The molecule has 0 atom stereocenters. The van der Waals surface area contributed by atoms with E-state index in [4.69, 9.17) is 27.9 Å². The molecule has 3 nitrogen and oxygen atoms in total. The topological polar surface area (TPSA) is 39.2 Å². The van der Waals surface area contributed by atoms with E-state index >= 15 is 0 Å². The number of methoxy groups -OCH3 is 1. The lowest BCUT2D eigenvalue weighted by molar-refractivity contribution is -0.118. The molecule has 0 saturated heterocycles. The van der Waals surface area contributed by atoms with E-state index in [-0.39, 0.29) is 12.2 Å². The third-order valence-electron chi connectivity index (χ3n) is 3.06. The van der Waals surface area contributed by atoms with Gasteiger partial charge < -0.3 is 4.74 Å². The number of alkyl halides is 1. The van der Waals surface area contributed by atoms with Gasteiger partial charge in [0, 0.05) is 30.3 Å². The lowest BCUT2D eigenvalue weighted by atomic mass is 10.1. The van der Waals surface area contributed by atoms with Crippen molar-refractivity contribution in [2.24, 2.45) is 0 Å². The number of ketones is 1. The van der Waals surface area contributed by atoms with E-state index in [0.29, 0.717) is 29.5 Å². The molecule has 2 rings (SSSR count). The highest BCUT2D eigenvalue weighted by molar-refractivity contribution is 6.36. The number of halogens is 2. The normalized spacial score (nSPS) is 10.8.